The highest BCUT2D eigenvalue weighted by molar-refractivity contribution is 6.04. The first-order valence-corrected chi connectivity index (χ1v) is 6.98. The second-order valence-electron chi connectivity index (χ2n) is 4.71. The Bertz CT molecular complexity index is 808. The summed E-state index contributed by atoms with van der Waals surface area (Å²) in [5.41, 5.74) is 0.479. The average Bonchev–Trinajstić information content (AvgIpc) is 2.58. The fraction of sp³-hybridized carbons (Fsp3) is 0. The molecule has 1 aromatic heterocycles. The molecule has 3 aromatic rings. The van der Waals surface area contributed by atoms with Gasteiger partial charge in [0.15, 0.2) is 17.3 Å². The predicted octanol–water partition coefficient (Wildman–Crippen LogP) is 4.27. The van der Waals surface area contributed by atoms with Gasteiger partial charge in [0.1, 0.15) is 5.75 Å². The van der Waals surface area contributed by atoms with Gasteiger partial charge < -0.3 is 10.1 Å². The summed E-state index contributed by atoms with van der Waals surface area (Å²) >= 11 is 0. The number of carbonyl (C=O) groups is 1. The van der Waals surface area contributed by atoms with E-state index in [0.717, 1.165) is 6.07 Å². The minimum Gasteiger partial charge on any atom is -0.452 e. The maximum Gasteiger partial charge on any atom is 0.278 e. The smallest absolute Gasteiger partial charge is 0.278 e. The number of para-hydroxylation sites is 2. The van der Waals surface area contributed by atoms with Crippen LogP contribution in [0.15, 0.2) is 72.9 Å². The van der Waals surface area contributed by atoms with E-state index in [1.165, 1.54) is 6.20 Å². The lowest BCUT2D eigenvalue weighted by Gasteiger charge is -2.11. The number of hydrogen-bond acceptors (Lipinski definition) is 3. The molecule has 0 spiro atoms. The van der Waals surface area contributed by atoms with Crippen LogP contribution in [-0.4, -0.2) is 10.9 Å². The third-order valence-electron chi connectivity index (χ3n) is 3.07. The maximum absolute atomic E-state index is 14.1. The Hall–Kier alpha value is -3.21. The Balaban J connectivity index is 1.90. The molecule has 0 aliphatic rings. The van der Waals surface area contributed by atoms with Crippen LogP contribution in [-0.2, 0) is 0 Å². The van der Waals surface area contributed by atoms with Crippen LogP contribution < -0.4 is 10.1 Å². The molecular weight excluding hydrogens is 295 g/mol. The number of amides is 1. The van der Waals surface area contributed by atoms with Crippen molar-refractivity contribution in [2.24, 2.45) is 0 Å². The van der Waals surface area contributed by atoms with Crippen LogP contribution in [0.4, 0.5) is 10.1 Å². The summed E-state index contributed by atoms with van der Waals surface area (Å²) in [6, 6.07) is 18.7. The Kier molecular flexibility index (Phi) is 4.29. The summed E-state index contributed by atoms with van der Waals surface area (Å²) < 4.78 is 19.6. The molecule has 0 atom stereocenters. The fourth-order valence-corrected chi connectivity index (χ4v) is 2.00. The quantitative estimate of drug-likeness (QED) is 0.783. The number of pyridine rings is 1. The van der Waals surface area contributed by atoms with Crippen molar-refractivity contribution in [3.63, 3.8) is 0 Å². The molecule has 0 saturated heterocycles. The summed E-state index contributed by atoms with van der Waals surface area (Å²) in [6.07, 6.45) is 1.23. The van der Waals surface area contributed by atoms with Gasteiger partial charge in [-0.25, -0.2) is 9.37 Å². The topological polar surface area (TPSA) is 51.2 Å². The summed E-state index contributed by atoms with van der Waals surface area (Å²) in [4.78, 5) is 16.3. The molecule has 1 N–H and O–H groups in total. The first-order valence-electron chi connectivity index (χ1n) is 6.98. The molecule has 0 fully saturated rings. The normalized spacial score (nSPS) is 10.1. The average molecular weight is 308 g/mol. The predicted molar refractivity (Wildman–Crippen MR) is 85.1 cm³/mol. The van der Waals surface area contributed by atoms with Gasteiger partial charge in [0.05, 0.1) is 0 Å². The highest BCUT2D eigenvalue weighted by Crippen LogP contribution is 2.27. The van der Waals surface area contributed by atoms with E-state index >= 15 is 0 Å². The van der Waals surface area contributed by atoms with Crippen LogP contribution in [0.3, 0.4) is 0 Å². The fourth-order valence-electron chi connectivity index (χ4n) is 2.00. The van der Waals surface area contributed by atoms with Crippen molar-refractivity contribution in [1.82, 2.24) is 4.98 Å². The Morgan fingerprint density at radius 1 is 0.957 bits per heavy atom. The molecule has 5 heteroatoms. The molecule has 23 heavy (non-hydrogen) atoms. The molecule has 0 aliphatic carbocycles. The van der Waals surface area contributed by atoms with Crippen molar-refractivity contribution in [3.8, 4) is 11.5 Å². The van der Waals surface area contributed by atoms with Crippen LogP contribution in [0, 0.1) is 5.82 Å². The summed E-state index contributed by atoms with van der Waals surface area (Å²) in [7, 11) is 0. The van der Waals surface area contributed by atoms with Gasteiger partial charge in [-0.3, -0.25) is 4.79 Å². The second-order valence-corrected chi connectivity index (χ2v) is 4.71. The zero-order valence-electron chi connectivity index (χ0n) is 12.1. The number of benzene rings is 2. The van der Waals surface area contributed by atoms with Gasteiger partial charge in [-0.15, -0.1) is 0 Å². The number of nitrogens with one attached hydrogen (secondary N) is 1. The molecule has 0 radical (unpaired) electrons. The van der Waals surface area contributed by atoms with Crippen LogP contribution in [0.25, 0.3) is 0 Å². The van der Waals surface area contributed by atoms with Gasteiger partial charge in [0.2, 0.25) is 0 Å². The first-order chi connectivity index (χ1) is 11.2. The van der Waals surface area contributed by atoms with E-state index in [1.807, 2.05) is 12.1 Å². The van der Waals surface area contributed by atoms with E-state index in [1.54, 1.807) is 48.5 Å². The van der Waals surface area contributed by atoms with Crippen molar-refractivity contribution in [2.45, 2.75) is 0 Å². The van der Waals surface area contributed by atoms with Crippen molar-refractivity contribution in [2.75, 3.05) is 5.32 Å². The molecule has 114 valence electrons. The SMILES string of the molecule is O=C(Nc1ccccc1)c1nccc(F)c1Oc1ccccc1. The summed E-state index contributed by atoms with van der Waals surface area (Å²) in [5.74, 6) is -0.969. The number of carbonyl (C=O) groups excluding carboxylic acids is 1. The lowest BCUT2D eigenvalue weighted by Crippen LogP contribution is -2.15. The van der Waals surface area contributed by atoms with Crippen molar-refractivity contribution in [1.29, 1.82) is 0 Å². The number of halogens is 1. The molecule has 4 nitrogen and oxygen atoms in total. The van der Waals surface area contributed by atoms with Crippen molar-refractivity contribution < 1.29 is 13.9 Å². The number of rotatable bonds is 4. The zero-order chi connectivity index (χ0) is 16.1. The van der Waals surface area contributed by atoms with E-state index in [9.17, 15) is 9.18 Å². The van der Waals surface area contributed by atoms with Crippen molar-refractivity contribution >= 4 is 11.6 Å². The standard InChI is InChI=1S/C18H13FN2O2/c19-15-11-12-20-16(17(15)23-14-9-5-2-6-10-14)18(22)21-13-7-3-1-4-8-13/h1-12H,(H,21,22). The van der Waals surface area contributed by atoms with Gasteiger partial charge in [-0.2, -0.15) is 0 Å². The van der Waals surface area contributed by atoms with Gasteiger partial charge in [-0.05, 0) is 30.3 Å². The molecule has 0 bridgehead atoms. The van der Waals surface area contributed by atoms with Crippen LogP contribution in [0.5, 0.6) is 11.5 Å². The van der Waals surface area contributed by atoms with Crippen LogP contribution in [0.1, 0.15) is 10.5 Å². The van der Waals surface area contributed by atoms with Gasteiger partial charge in [-0.1, -0.05) is 36.4 Å². The third-order valence-corrected chi connectivity index (χ3v) is 3.07. The van der Waals surface area contributed by atoms with E-state index in [2.05, 4.69) is 10.3 Å². The molecular formula is C18H13FN2O2. The molecule has 0 unspecified atom stereocenters. The van der Waals surface area contributed by atoms with E-state index in [4.69, 9.17) is 4.74 Å². The van der Waals surface area contributed by atoms with Gasteiger partial charge in [0.25, 0.3) is 5.91 Å². The number of aromatic nitrogens is 1. The van der Waals surface area contributed by atoms with Gasteiger partial charge >= 0.3 is 0 Å². The zero-order valence-corrected chi connectivity index (χ0v) is 12.1. The molecule has 0 saturated carbocycles. The second kappa shape index (κ2) is 6.70. The molecule has 1 amide bonds. The number of ether oxygens (including phenoxy) is 1. The number of nitrogens with zero attached hydrogens (tertiary/aromatic N) is 1. The molecule has 3 rings (SSSR count). The Morgan fingerprint density at radius 2 is 1.61 bits per heavy atom. The third kappa shape index (κ3) is 3.52. The highest BCUT2D eigenvalue weighted by atomic mass is 19.1. The monoisotopic (exact) mass is 308 g/mol. The van der Waals surface area contributed by atoms with E-state index in [-0.39, 0.29) is 11.4 Å². The number of anilines is 1. The largest absolute Gasteiger partial charge is 0.452 e. The van der Waals surface area contributed by atoms with Crippen molar-refractivity contribution in [3.05, 3.63) is 84.4 Å². The van der Waals surface area contributed by atoms with E-state index in [0.29, 0.717) is 11.4 Å². The highest BCUT2D eigenvalue weighted by Gasteiger charge is 2.19. The van der Waals surface area contributed by atoms with Crippen LogP contribution >= 0.6 is 0 Å². The Labute approximate surface area is 132 Å². The summed E-state index contributed by atoms with van der Waals surface area (Å²) in [6.45, 7) is 0. The lowest BCUT2D eigenvalue weighted by molar-refractivity contribution is 0.101. The minimum atomic E-state index is -0.651. The molecule has 0 aliphatic heterocycles. The number of hydrogen-bond donors (Lipinski definition) is 1. The van der Waals surface area contributed by atoms with Crippen LogP contribution in [0.2, 0.25) is 0 Å². The van der Waals surface area contributed by atoms with E-state index < -0.39 is 11.7 Å². The summed E-state index contributed by atoms with van der Waals surface area (Å²) in [5, 5.41) is 2.66. The molecule has 1 heterocycles. The lowest BCUT2D eigenvalue weighted by atomic mass is 10.2. The molecule has 2 aromatic carbocycles. The first kappa shape index (κ1) is 14.7. The minimum absolute atomic E-state index is 0.113. The maximum atomic E-state index is 14.1. The van der Waals surface area contributed by atoms with Gasteiger partial charge in [0, 0.05) is 11.9 Å². The Morgan fingerprint density at radius 3 is 2.30 bits per heavy atom.